The molecule has 33 heavy (non-hydrogen) atoms. The monoisotopic (exact) mass is 471 g/mol. The van der Waals surface area contributed by atoms with E-state index in [-0.39, 0.29) is 36.2 Å². The minimum absolute atomic E-state index is 0.0892. The summed E-state index contributed by atoms with van der Waals surface area (Å²) in [5.41, 5.74) is 0.522. The number of anilines is 1. The molecule has 0 radical (unpaired) electrons. The van der Waals surface area contributed by atoms with Gasteiger partial charge in [-0.25, -0.2) is 13.4 Å². The van der Waals surface area contributed by atoms with Crippen LogP contribution in [0.3, 0.4) is 0 Å². The molecule has 2 aromatic rings. The predicted molar refractivity (Wildman–Crippen MR) is 121 cm³/mol. The van der Waals surface area contributed by atoms with Crippen LogP contribution in [0.2, 0.25) is 0 Å². The van der Waals surface area contributed by atoms with Gasteiger partial charge in [0.2, 0.25) is 0 Å². The van der Waals surface area contributed by atoms with Crippen LogP contribution in [0.25, 0.3) is 0 Å². The third-order valence-electron chi connectivity index (χ3n) is 5.43. The Labute approximate surface area is 192 Å². The number of aromatic nitrogens is 1. The Balaban J connectivity index is 1.16. The van der Waals surface area contributed by atoms with Crippen molar-refractivity contribution < 1.29 is 22.7 Å². The van der Waals surface area contributed by atoms with Crippen molar-refractivity contribution in [1.82, 2.24) is 14.6 Å². The molecule has 0 unspecified atom stereocenters. The van der Waals surface area contributed by atoms with Crippen LogP contribution in [0.5, 0.6) is 0 Å². The second-order valence-corrected chi connectivity index (χ2v) is 9.30. The number of pyridine rings is 1. The lowest BCUT2D eigenvalue weighted by Crippen LogP contribution is -2.50. The topological polar surface area (TPSA) is 121 Å². The summed E-state index contributed by atoms with van der Waals surface area (Å²) in [7, 11) is -3.58. The second-order valence-electron chi connectivity index (χ2n) is 7.65. The number of nitrogens with one attached hydrogen (secondary N) is 1. The first-order chi connectivity index (χ1) is 15.9. The quantitative estimate of drug-likeness (QED) is 0.468. The van der Waals surface area contributed by atoms with E-state index >= 15 is 0 Å². The highest BCUT2D eigenvalue weighted by Gasteiger charge is 2.30. The van der Waals surface area contributed by atoms with E-state index < -0.39 is 16.0 Å². The third-order valence-corrected chi connectivity index (χ3v) is 6.83. The van der Waals surface area contributed by atoms with Gasteiger partial charge >= 0.3 is 5.97 Å². The van der Waals surface area contributed by atoms with Crippen LogP contribution < -0.4 is 9.62 Å². The smallest absolute Gasteiger partial charge is 0.306 e. The van der Waals surface area contributed by atoms with Gasteiger partial charge in [-0.1, -0.05) is 18.2 Å². The molecule has 0 spiro atoms. The van der Waals surface area contributed by atoms with Crippen LogP contribution >= 0.6 is 0 Å². The Morgan fingerprint density at radius 3 is 2.58 bits per heavy atom. The zero-order valence-corrected chi connectivity index (χ0v) is 18.8. The predicted octanol–water partition coefficient (Wildman–Crippen LogP) is 0.792. The number of rotatable bonds is 7. The van der Waals surface area contributed by atoms with Gasteiger partial charge in [0.05, 0.1) is 4.90 Å². The largest absolute Gasteiger partial charge is 0.456 e. The summed E-state index contributed by atoms with van der Waals surface area (Å²) in [6.07, 6.45) is 2.21. The van der Waals surface area contributed by atoms with Gasteiger partial charge in [-0.15, -0.1) is 0 Å². The first-order valence-corrected chi connectivity index (χ1v) is 12.2. The number of carbonyl (C=O) groups is 2. The van der Waals surface area contributed by atoms with Gasteiger partial charge in [0.25, 0.3) is 15.9 Å². The number of fused-ring (bicyclic) bond motifs is 1. The van der Waals surface area contributed by atoms with Crippen molar-refractivity contribution in [1.29, 1.82) is 0 Å². The van der Waals surface area contributed by atoms with E-state index in [4.69, 9.17) is 4.74 Å². The Morgan fingerprint density at radius 2 is 1.82 bits per heavy atom. The number of benzene rings is 1. The number of carbonyl (C=O) groups excluding carboxylic acids is 2. The number of hydrogen-bond acceptors (Lipinski definition) is 8. The summed E-state index contributed by atoms with van der Waals surface area (Å²) in [6.45, 7) is 2.40. The molecule has 2 aliphatic heterocycles. The molecule has 0 atom stereocenters. The van der Waals surface area contributed by atoms with Crippen LogP contribution in [0.15, 0.2) is 58.5 Å². The summed E-state index contributed by atoms with van der Waals surface area (Å²) in [6, 6.07) is 12.3. The normalized spacial score (nSPS) is 18.0. The van der Waals surface area contributed by atoms with Crippen molar-refractivity contribution in [2.24, 2.45) is 4.99 Å². The lowest BCUT2D eigenvalue weighted by Gasteiger charge is -2.35. The van der Waals surface area contributed by atoms with Crippen molar-refractivity contribution >= 4 is 33.6 Å². The number of aliphatic imine (C=N–C) groups is 1. The summed E-state index contributed by atoms with van der Waals surface area (Å²) in [5.74, 6) is 0.455. The summed E-state index contributed by atoms with van der Waals surface area (Å²) in [4.78, 5) is 36.9. The number of esters is 1. The highest BCUT2D eigenvalue weighted by atomic mass is 32.2. The maximum Gasteiger partial charge on any atom is 0.306 e. The molecule has 3 heterocycles. The van der Waals surface area contributed by atoms with Crippen LogP contribution in [0, 0.1) is 0 Å². The second kappa shape index (κ2) is 9.99. The molecular weight excluding hydrogens is 446 g/mol. The number of ether oxygens (including phenoxy) is 1. The van der Waals surface area contributed by atoms with Crippen molar-refractivity contribution in [3.05, 3.63) is 54.2 Å². The SMILES string of the molecule is O=C(CCCN=C1NS(=O)(=O)c2ccccc21)OCC(=O)N1CCN(c2ccccn2)CC1. The zero-order valence-electron chi connectivity index (χ0n) is 18.0. The first-order valence-electron chi connectivity index (χ1n) is 10.7. The molecule has 10 nitrogen and oxygen atoms in total. The van der Waals surface area contributed by atoms with Crippen molar-refractivity contribution in [2.45, 2.75) is 17.7 Å². The summed E-state index contributed by atoms with van der Waals surface area (Å²) in [5, 5.41) is 0. The van der Waals surface area contributed by atoms with E-state index in [9.17, 15) is 18.0 Å². The van der Waals surface area contributed by atoms with Crippen molar-refractivity contribution in [3.8, 4) is 0 Å². The summed E-state index contributed by atoms with van der Waals surface area (Å²) < 4.78 is 31.7. The number of piperazine rings is 1. The fourth-order valence-corrected chi connectivity index (χ4v) is 4.95. The Hall–Kier alpha value is -3.47. The number of hydrogen-bond donors (Lipinski definition) is 1. The lowest BCUT2D eigenvalue weighted by molar-refractivity contribution is -0.152. The van der Waals surface area contributed by atoms with Crippen LogP contribution in [0.4, 0.5) is 5.82 Å². The van der Waals surface area contributed by atoms with Gasteiger partial charge in [0.15, 0.2) is 6.61 Å². The third kappa shape index (κ3) is 5.48. The Bertz CT molecular complexity index is 1140. The Kier molecular flexibility index (Phi) is 6.87. The van der Waals surface area contributed by atoms with Gasteiger partial charge in [0, 0.05) is 50.9 Å². The molecule has 1 amide bonds. The number of amidine groups is 1. The molecular formula is C22H25N5O5S. The molecule has 1 N–H and O–H groups in total. The van der Waals surface area contributed by atoms with E-state index in [1.54, 1.807) is 29.3 Å². The molecule has 1 fully saturated rings. The van der Waals surface area contributed by atoms with Crippen LogP contribution in [-0.2, 0) is 24.3 Å². The highest BCUT2D eigenvalue weighted by Crippen LogP contribution is 2.22. The highest BCUT2D eigenvalue weighted by molar-refractivity contribution is 7.90. The molecule has 11 heteroatoms. The molecule has 174 valence electrons. The van der Waals surface area contributed by atoms with E-state index in [1.807, 2.05) is 18.2 Å². The van der Waals surface area contributed by atoms with Crippen LogP contribution in [0.1, 0.15) is 18.4 Å². The lowest BCUT2D eigenvalue weighted by atomic mass is 10.2. The average Bonchev–Trinajstić information content (AvgIpc) is 3.11. The minimum Gasteiger partial charge on any atom is -0.456 e. The maximum absolute atomic E-state index is 12.4. The number of nitrogens with zero attached hydrogens (tertiary/aromatic N) is 4. The van der Waals surface area contributed by atoms with Crippen LogP contribution in [-0.4, -0.2) is 75.3 Å². The van der Waals surface area contributed by atoms with Crippen molar-refractivity contribution in [3.63, 3.8) is 0 Å². The first kappa shape index (κ1) is 22.7. The molecule has 1 aromatic carbocycles. The van der Waals surface area contributed by atoms with E-state index in [0.717, 1.165) is 5.82 Å². The minimum atomic E-state index is -3.58. The molecule has 0 aliphatic carbocycles. The fraction of sp³-hybridized carbons (Fsp3) is 0.364. The molecule has 1 aromatic heterocycles. The van der Waals surface area contributed by atoms with E-state index in [0.29, 0.717) is 38.2 Å². The van der Waals surface area contributed by atoms with E-state index in [1.165, 1.54) is 6.07 Å². The number of sulfonamides is 1. The van der Waals surface area contributed by atoms with Crippen molar-refractivity contribution in [2.75, 3.05) is 44.2 Å². The van der Waals surface area contributed by atoms with Gasteiger partial charge in [0.1, 0.15) is 11.7 Å². The zero-order chi connectivity index (χ0) is 23.3. The number of amides is 1. The molecule has 2 aliphatic rings. The van der Waals surface area contributed by atoms with E-state index in [2.05, 4.69) is 19.6 Å². The van der Waals surface area contributed by atoms with Gasteiger partial charge in [-0.05, 0) is 30.7 Å². The molecule has 0 saturated carbocycles. The fourth-order valence-electron chi connectivity index (χ4n) is 3.70. The molecule has 0 bridgehead atoms. The molecule has 4 rings (SSSR count). The maximum atomic E-state index is 12.4. The van der Waals surface area contributed by atoms with Gasteiger partial charge in [-0.3, -0.25) is 19.3 Å². The Morgan fingerprint density at radius 1 is 1.06 bits per heavy atom. The average molecular weight is 472 g/mol. The molecule has 1 saturated heterocycles. The van der Waals surface area contributed by atoms with Gasteiger partial charge in [-0.2, -0.15) is 0 Å². The van der Waals surface area contributed by atoms with Gasteiger partial charge < -0.3 is 14.5 Å². The summed E-state index contributed by atoms with van der Waals surface area (Å²) >= 11 is 0. The standard InChI is InChI=1S/C22H25N5O5S/c28-20(27-14-12-26(13-15-27)19-8-3-4-10-23-19)16-32-21(29)9-5-11-24-22-17-6-1-2-7-18(17)33(30,31)25-22/h1-4,6-8,10H,5,9,11-16H2,(H,24,25).